The number of nitro groups is 1. The van der Waals surface area contributed by atoms with Crippen LogP contribution in [0, 0.1) is 10.1 Å². The molecule has 104 valence electrons. The third-order valence-corrected chi connectivity index (χ3v) is 3.45. The Morgan fingerprint density at radius 3 is 2.95 bits per heavy atom. The third kappa shape index (κ3) is 4.40. The SMILES string of the molecule is CCSCC(C)NC(=O)c1cc([N+](=O)[O-])cnc1N. The molecule has 0 fully saturated rings. The number of nitrogens with zero attached hydrogens (tertiary/aromatic N) is 2. The molecule has 1 unspecified atom stereocenters. The molecule has 8 heteroatoms. The largest absolute Gasteiger partial charge is 0.383 e. The van der Waals surface area contributed by atoms with Gasteiger partial charge in [-0.3, -0.25) is 14.9 Å². The molecule has 1 atom stereocenters. The summed E-state index contributed by atoms with van der Waals surface area (Å²) in [6, 6.07) is 1.09. The lowest BCUT2D eigenvalue weighted by Crippen LogP contribution is -2.34. The molecule has 0 aliphatic heterocycles. The molecule has 1 aromatic rings. The van der Waals surface area contributed by atoms with Gasteiger partial charge in [0.1, 0.15) is 12.0 Å². The van der Waals surface area contributed by atoms with Gasteiger partial charge in [-0.25, -0.2) is 4.98 Å². The molecule has 0 spiro atoms. The number of nitrogens with one attached hydrogen (secondary N) is 1. The van der Waals surface area contributed by atoms with Crippen LogP contribution in [-0.4, -0.2) is 33.4 Å². The maximum absolute atomic E-state index is 12.0. The molecule has 1 aromatic heterocycles. The van der Waals surface area contributed by atoms with Crippen molar-refractivity contribution in [1.82, 2.24) is 10.3 Å². The van der Waals surface area contributed by atoms with Gasteiger partial charge in [-0.1, -0.05) is 6.92 Å². The van der Waals surface area contributed by atoms with Gasteiger partial charge in [-0.2, -0.15) is 11.8 Å². The smallest absolute Gasteiger partial charge is 0.288 e. The van der Waals surface area contributed by atoms with Crippen LogP contribution in [0.3, 0.4) is 0 Å². The lowest BCUT2D eigenvalue weighted by Gasteiger charge is -2.13. The average Bonchev–Trinajstić information content (AvgIpc) is 2.36. The molecule has 0 radical (unpaired) electrons. The summed E-state index contributed by atoms with van der Waals surface area (Å²) in [5.41, 5.74) is 5.34. The molecule has 1 heterocycles. The molecular formula is C11H16N4O3S. The van der Waals surface area contributed by atoms with Gasteiger partial charge in [0.2, 0.25) is 0 Å². The fourth-order valence-electron chi connectivity index (χ4n) is 1.38. The number of pyridine rings is 1. The minimum atomic E-state index is -0.612. The van der Waals surface area contributed by atoms with Gasteiger partial charge in [0.15, 0.2) is 0 Å². The zero-order valence-corrected chi connectivity index (χ0v) is 11.6. The fourth-order valence-corrected chi connectivity index (χ4v) is 2.06. The van der Waals surface area contributed by atoms with Gasteiger partial charge < -0.3 is 11.1 Å². The minimum Gasteiger partial charge on any atom is -0.383 e. The standard InChI is InChI=1S/C11H16N4O3S/c1-3-19-6-7(2)14-11(16)9-4-8(15(17)18)5-13-10(9)12/h4-5,7H,3,6H2,1-2H3,(H2,12,13)(H,14,16). The van der Waals surface area contributed by atoms with E-state index in [4.69, 9.17) is 5.73 Å². The van der Waals surface area contributed by atoms with Crippen LogP contribution >= 0.6 is 11.8 Å². The number of anilines is 1. The molecular weight excluding hydrogens is 268 g/mol. The Kier molecular flexibility index (Phi) is 5.56. The molecule has 1 amide bonds. The van der Waals surface area contributed by atoms with Crippen LogP contribution in [0.15, 0.2) is 12.3 Å². The summed E-state index contributed by atoms with van der Waals surface area (Å²) < 4.78 is 0. The zero-order valence-electron chi connectivity index (χ0n) is 10.8. The summed E-state index contributed by atoms with van der Waals surface area (Å²) in [5.74, 6) is 1.27. The second-order valence-corrected chi connectivity index (χ2v) is 5.24. The quantitative estimate of drug-likeness (QED) is 0.604. The number of carbonyl (C=O) groups is 1. The number of amides is 1. The highest BCUT2D eigenvalue weighted by molar-refractivity contribution is 7.99. The lowest BCUT2D eigenvalue weighted by molar-refractivity contribution is -0.385. The van der Waals surface area contributed by atoms with Crippen LogP contribution in [-0.2, 0) is 0 Å². The summed E-state index contributed by atoms with van der Waals surface area (Å²) in [5, 5.41) is 13.4. The highest BCUT2D eigenvalue weighted by Gasteiger charge is 2.17. The number of nitrogen functional groups attached to an aromatic ring is 1. The zero-order chi connectivity index (χ0) is 14.4. The molecule has 0 aliphatic rings. The van der Waals surface area contributed by atoms with E-state index in [0.29, 0.717) is 0 Å². The first-order valence-corrected chi connectivity index (χ1v) is 6.89. The van der Waals surface area contributed by atoms with E-state index in [-0.39, 0.29) is 23.1 Å². The van der Waals surface area contributed by atoms with E-state index in [1.165, 1.54) is 0 Å². The van der Waals surface area contributed by atoms with Gasteiger partial charge >= 0.3 is 0 Å². The molecule has 0 saturated carbocycles. The van der Waals surface area contributed by atoms with Gasteiger partial charge in [0.25, 0.3) is 11.6 Å². The van der Waals surface area contributed by atoms with E-state index in [0.717, 1.165) is 23.8 Å². The van der Waals surface area contributed by atoms with Crippen LogP contribution in [0.25, 0.3) is 0 Å². The van der Waals surface area contributed by atoms with E-state index < -0.39 is 10.8 Å². The average molecular weight is 284 g/mol. The Bertz CT molecular complexity index is 481. The number of aromatic nitrogens is 1. The Hall–Kier alpha value is -1.83. The van der Waals surface area contributed by atoms with Crippen molar-refractivity contribution in [3.63, 3.8) is 0 Å². The molecule has 0 aliphatic carbocycles. The first kappa shape index (κ1) is 15.2. The van der Waals surface area contributed by atoms with E-state index in [1.807, 2.05) is 13.8 Å². The Balaban J connectivity index is 2.81. The van der Waals surface area contributed by atoms with Crippen molar-refractivity contribution in [1.29, 1.82) is 0 Å². The number of carbonyl (C=O) groups excluding carboxylic acids is 1. The third-order valence-electron chi connectivity index (χ3n) is 2.31. The molecule has 3 N–H and O–H groups in total. The second kappa shape index (κ2) is 6.93. The number of hydrogen-bond donors (Lipinski definition) is 2. The topological polar surface area (TPSA) is 111 Å². The van der Waals surface area contributed by atoms with Gasteiger partial charge in [-0.15, -0.1) is 0 Å². The molecule has 0 aromatic carbocycles. The second-order valence-electron chi connectivity index (χ2n) is 3.92. The predicted molar refractivity (Wildman–Crippen MR) is 75.2 cm³/mol. The van der Waals surface area contributed by atoms with Crippen LogP contribution in [0.4, 0.5) is 11.5 Å². The fraction of sp³-hybridized carbons (Fsp3) is 0.455. The molecule has 7 nitrogen and oxygen atoms in total. The highest BCUT2D eigenvalue weighted by atomic mass is 32.2. The maximum atomic E-state index is 12.0. The van der Waals surface area contributed by atoms with Crippen LogP contribution in [0.5, 0.6) is 0 Å². The van der Waals surface area contributed by atoms with Crippen LogP contribution in [0.1, 0.15) is 24.2 Å². The van der Waals surface area contributed by atoms with Crippen LogP contribution < -0.4 is 11.1 Å². The summed E-state index contributed by atoms with van der Waals surface area (Å²) in [6.45, 7) is 3.89. The van der Waals surface area contributed by atoms with E-state index in [1.54, 1.807) is 11.8 Å². The summed E-state index contributed by atoms with van der Waals surface area (Å²) in [4.78, 5) is 25.6. The summed E-state index contributed by atoms with van der Waals surface area (Å²) >= 11 is 1.70. The molecule has 19 heavy (non-hydrogen) atoms. The van der Waals surface area contributed by atoms with Crippen molar-refractivity contribution in [2.24, 2.45) is 0 Å². The lowest BCUT2D eigenvalue weighted by atomic mass is 10.2. The van der Waals surface area contributed by atoms with E-state index in [2.05, 4.69) is 10.3 Å². The Morgan fingerprint density at radius 2 is 2.37 bits per heavy atom. The Morgan fingerprint density at radius 1 is 1.68 bits per heavy atom. The number of hydrogen-bond acceptors (Lipinski definition) is 6. The van der Waals surface area contributed by atoms with Crippen molar-refractivity contribution >= 4 is 29.2 Å². The van der Waals surface area contributed by atoms with Crippen molar-refractivity contribution < 1.29 is 9.72 Å². The molecule has 0 bridgehead atoms. The van der Waals surface area contributed by atoms with Crippen molar-refractivity contribution in [3.05, 3.63) is 27.9 Å². The summed E-state index contributed by atoms with van der Waals surface area (Å²) in [7, 11) is 0. The molecule has 0 saturated heterocycles. The normalized spacial score (nSPS) is 11.9. The van der Waals surface area contributed by atoms with E-state index in [9.17, 15) is 14.9 Å². The number of nitrogens with two attached hydrogens (primary N) is 1. The maximum Gasteiger partial charge on any atom is 0.288 e. The first-order valence-electron chi connectivity index (χ1n) is 5.74. The van der Waals surface area contributed by atoms with Gasteiger partial charge in [-0.05, 0) is 12.7 Å². The van der Waals surface area contributed by atoms with Gasteiger partial charge in [0, 0.05) is 17.9 Å². The van der Waals surface area contributed by atoms with Crippen molar-refractivity contribution in [2.45, 2.75) is 19.9 Å². The Labute approximate surface area is 115 Å². The monoisotopic (exact) mass is 284 g/mol. The summed E-state index contributed by atoms with van der Waals surface area (Å²) in [6.07, 6.45) is 1.03. The number of thioether (sulfide) groups is 1. The predicted octanol–water partition coefficient (Wildman–Crippen LogP) is 1.44. The minimum absolute atomic E-state index is 0.0153. The van der Waals surface area contributed by atoms with Crippen LogP contribution in [0.2, 0.25) is 0 Å². The van der Waals surface area contributed by atoms with Gasteiger partial charge in [0.05, 0.1) is 10.5 Å². The molecule has 1 rings (SSSR count). The van der Waals surface area contributed by atoms with Crippen molar-refractivity contribution in [3.8, 4) is 0 Å². The van der Waals surface area contributed by atoms with Crippen molar-refractivity contribution in [2.75, 3.05) is 17.2 Å². The number of rotatable bonds is 6. The highest BCUT2D eigenvalue weighted by Crippen LogP contribution is 2.16. The first-order chi connectivity index (χ1) is 8.95. The van der Waals surface area contributed by atoms with E-state index >= 15 is 0 Å².